The first-order valence-electron chi connectivity index (χ1n) is 11.0. The Bertz CT molecular complexity index is 1440. The fourth-order valence-electron chi connectivity index (χ4n) is 3.63. The second-order valence-electron chi connectivity index (χ2n) is 8.05. The minimum atomic E-state index is -0.572. The van der Waals surface area contributed by atoms with Gasteiger partial charge in [0, 0.05) is 34.5 Å². The summed E-state index contributed by atoms with van der Waals surface area (Å²) >= 11 is 0. The molecule has 0 bridgehead atoms. The van der Waals surface area contributed by atoms with Gasteiger partial charge < -0.3 is 25.1 Å². The number of rotatable bonds is 7. The number of amides is 2. The second kappa shape index (κ2) is 10.1. The van der Waals surface area contributed by atoms with E-state index in [1.54, 1.807) is 55.5 Å². The molecule has 35 heavy (non-hydrogen) atoms. The number of anilines is 3. The minimum absolute atomic E-state index is 0.262. The Morgan fingerprint density at radius 3 is 2.37 bits per heavy atom. The van der Waals surface area contributed by atoms with E-state index in [4.69, 9.17) is 9.15 Å². The van der Waals surface area contributed by atoms with E-state index in [1.807, 2.05) is 25.1 Å². The van der Waals surface area contributed by atoms with Crippen molar-refractivity contribution in [3.05, 3.63) is 94.3 Å². The highest BCUT2D eigenvalue weighted by atomic mass is 16.5. The van der Waals surface area contributed by atoms with Crippen molar-refractivity contribution < 1.29 is 18.7 Å². The molecule has 0 aliphatic rings. The molecule has 0 spiro atoms. The Morgan fingerprint density at radius 2 is 1.63 bits per heavy atom. The van der Waals surface area contributed by atoms with Gasteiger partial charge in [0.1, 0.15) is 17.4 Å². The largest absolute Gasteiger partial charge is 0.495 e. The third-order valence-corrected chi connectivity index (χ3v) is 5.50. The van der Waals surface area contributed by atoms with E-state index < -0.39 is 11.7 Å². The molecule has 2 amide bonds. The number of carbonyl (C=O) groups is 2. The van der Waals surface area contributed by atoms with Gasteiger partial charge in [0.25, 0.3) is 5.91 Å². The fourth-order valence-corrected chi connectivity index (χ4v) is 3.63. The van der Waals surface area contributed by atoms with Crippen molar-refractivity contribution >= 4 is 39.8 Å². The van der Waals surface area contributed by atoms with Crippen LogP contribution in [0.5, 0.6) is 5.75 Å². The van der Waals surface area contributed by atoms with Gasteiger partial charge in [0.15, 0.2) is 0 Å². The fraction of sp³-hybridized carbons (Fsp3) is 0.148. The molecule has 0 radical (unpaired) electrons. The molecule has 1 aromatic heterocycles. The molecule has 3 aromatic carbocycles. The quantitative estimate of drug-likeness (QED) is 0.334. The number of fused-ring (bicyclic) bond motifs is 1. The normalized spacial score (nSPS) is 11.5. The van der Waals surface area contributed by atoms with Crippen molar-refractivity contribution in [3.63, 3.8) is 0 Å². The summed E-state index contributed by atoms with van der Waals surface area (Å²) in [6.45, 7) is 3.57. The number of methoxy groups -OCH3 is 1. The SMILES string of the molecule is COc1ccccc1NC(=O)c1ccc(NC(=O)[C@@H](C)Nc2ccc3c(C)cc(=O)oc3c2)cc1. The Balaban J connectivity index is 1.38. The van der Waals surface area contributed by atoms with Gasteiger partial charge in [-0.2, -0.15) is 0 Å². The first kappa shape index (κ1) is 23.6. The number of ether oxygens (including phenoxy) is 1. The van der Waals surface area contributed by atoms with Gasteiger partial charge in [-0.05, 0) is 67.9 Å². The Hall–Kier alpha value is -4.59. The maximum absolute atomic E-state index is 12.7. The van der Waals surface area contributed by atoms with Gasteiger partial charge >= 0.3 is 5.63 Å². The number of para-hydroxylation sites is 2. The third-order valence-electron chi connectivity index (χ3n) is 5.50. The van der Waals surface area contributed by atoms with Crippen molar-refractivity contribution in [3.8, 4) is 5.75 Å². The first-order chi connectivity index (χ1) is 16.8. The summed E-state index contributed by atoms with van der Waals surface area (Å²) in [5.41, 5.74) is 3.07. The van der Waals surface area contributed by atoms with Crippen LogP contribution in [0.4, 0.5) is 17.1 Å². The lowest BCUT2D eigenvalue weighted by Crippen LogP contribution is -2.31. The van der Waals surface area contributed by atoms with Crippen LogP contribution in [0.15, 0.2) is 82.0 Å². The first-order valence-corrected chi connectivity index (χ1v) is 11.0. The van der Waals surface area contributed by atoms with E-state index in [0.29, 0.717) is 34.0 Å². The van der Waals surface area contributed by atoms with E-state index in [9.17, 15) is 14.4 Å². The van der Waals surface area contributed by atoms with Crippen LogP contribution in [-0.4, -0.2) is 25.0 Å². The number of carbonyl (C=O) groups excluding carboxylic acids is 2. The van der Waals surface area contributed by atoms with Crippen LogP contribution in [-0.2, 0) is 4.79 Å². The van der Waals surface area contributed by atoms with Crippen molar-refractivity contribution in [2.24, 2.45) is 0 Å². The highest BCUT2D eigenvalue weighted by molar-refractivity contribution is 6.05. The number of benzene rings is 3. The van der Waals surface area contributed by atoms with Crippen LogP contribution < -0.4 is 26.3 Å². The summed E-state index contributed by atoms with van der Waals surface area (Å²) in [5, 5.41) is 9.59. The molecule has 0 saturated heterocycles. The molecule has 0 saturated carbocycles. The van der Waals surface area contributed by atoms with Crippen molar-refractivity contribution in [2.75, 3.05) is 23.1 Å². The van der Waals surface area contributed by atoms with Gasteiger partial charge in [-0.1, -0.05) is 12.1 Å². The van der Waals surface area contributed by atoms with Gasteiger partial charge in [-0.15, -0.1) is 0 Å². The van der Waals surface area contributed by atoms with Gasteiger partial charge in [0.05, 0.1) is 12.8 Å². The molecule has 8 heteroatoms. The van der Waals surface area contributed by atoms with Crippen LogP contribution in [0.1, 0.15) is 22.8 Å². The highest BCUT2D eigenvalue weighted by Gasteiger charge is 2.15. The van der Waals surface area contributed by atoms with Crippen molar-refractivity contribution in [1.82, 2.24) is 0 Å². The van der Waals surface area contributed by atoms with Crippen molar-refractivity contribution in [2.45, 2.75) is 19.9 Å². The molecule has 0 unspecified atom stereocenters. The lowest BCUT2D eigenvalue weighted by Gasteiger charge is -2.16. The molecule has 8 nitrogen and oxygen atoms in total. The molecule has 178 valence electrons. The molecular formula is C27H25N3O5. The van der Waals surface area contributed by atoms with Crippen molar-refractivity contribution in [1.29, 1.82) is 0 Å². The molecule has 4 aromatic rings. The molecule has 1 atom stereocenters. The van der Waals surface area contributed by atoms with E-state index >= 15 is 0 Å². The zero-order valence-corrected chi connectivity index (χ0v) is 19.5. The summed E-state index contributed by atoms with van der Waals surface area (Å²) in [7, 11) is 1.54. The standard InChI is InChI=1S/C27H25N3O5/c1-16-14-25(31)35-24-15-20(12-13-21(16)24)28-17(2)26(32)29-19-10-8-18(9-11-19)27(33)30-22-6-4-5-7-23(22)34-3/h4-15,17,28H,1-3H3,(H,29,32)(H,30,33)/t17-/m1/s1. The second-order valence-corrected chi connectivity index (χ2v) is 8.05. The predicted molar refractivity (Wildman–Crippen MR) is 136 cm³/mol. The molecule has 0 fully saturated rings. The molecule has 4 rings (SSSR count). The van der Waals surface area contributed by atoms with Crippen LogP contribution in [0, 0.1) is 6.92 Å². The smallest absolute Gasteiger partial charge is 0.336 e. The third kappa shape index (κ3) is 5.50. The lowest BCUT2D eigenvalue weighted by molar-refractivity contribution is -0.116. The van der Waals surface area contributed by atoms with Crippen LogP contribution in [0.2, 0.25) is 0 Å². The topological polar surface area (TPSA) is 110 Å². The molecule has 3 N–H and O–H groups in total. The Morgan fingerprint density at radius 1 is 0.914 bits per heavy atom. The summed E-state index contributed by atoms with van der Waals surface area (Å²) in [5.74, 6) is 0.0116. The summed E-state index contributed by atoms with van der Waals surface area (Å²) in [6, 6.07) is 20.0. The zero-order chi connectivity index (χ0) is 24.9. The van der Waals surface area contributed by atoms with E-state index in [-0.39, 0.29) is 11.8 Å². The average molecular weight is 472 g/mol. The van der Waals surface area contributed by atoms with Gasteiger partial charge in [0.2, 0.25) is 5.91 Å². The monoisotopic (exact) mass is 471 g/mol. The molecular weight excluding hydrogens is 446 g/mol. The van der Waals surface area contributed by atoms with Crippen LogP contribution in [0.3, 0.4) is 0 Å². The number of hydrogen-bond donors (Lipinski definition) is 3. The lowest BCUT2D eigenvalue weighted by atomic mass is 10.1. The Kier molecular flexibility index (Phi) is 6.82. The number of hydrogen-bond acceptors (Lipinski definition) is 6. The molecule has 0 aliphatic carbocycles. The zero-order valence-electron chi connectivity index (χ0n) is 19.5. The van der Waals surface area contributed by atoms with E-state index in [0.717, 1.165) is 10.9 Å². The van der Waals surface area contributed by atoms with Gasteiger partial charge in [-0.25, -0.2) is 4.79 Å². The number of aryl methyl sites for hydroxylation is 1. The number of nitrogens with one attached hydrogen (secondary N) is 3. The van der Waals surface area contributed by atoms with E-state index in [2.05, 4.69) is 16.0 Å². The Labute approximate surface area is 201 Å². The highest BCUT2D eigenvalue weighted by Crippen LogP contribution is 2.24. The maximum Gasteiger partial charge on any atom is 0.336 e. The van der Waals surface area contributed by atoms with Gasteiger partial charge in [-0.3, -0.25) is 9.59 Å². The predicted octanol–water partition coefficient (Wildman–Crippen LogP) is 4.80. The minimum Gasteiger partial charge on any atom is -0.495 e. The summed E-state index contributed by atoms with van der Waals surface area (Å²) in [4.78, 5) is 36.9. The molecule has 1 heterocycles. The van der Waals surface area contributed by atoms with Crippen LogP contribution in [0.25, 0.3) is 11.0 Å². The maximum atomic E-state index is 12.7. The molecule has 0 aliphatic heterocycles. The average Bonchev–Trinajstić information content (AvgIpc) is 2.84. The van der Waals surface area contributed by atoms with Crippen LogP contribution >= 0.6 is 0 Å². The summed E-state index contributed by atoms with van der Waals surface area (Å²) < 4.78 is 10.5. The summed E-state index contributed by atoms with van der Waals surface area (Å²) in [6.07, 6.45) is 0. The van der Waals surface area contributed by atoms with E-state index in [1.165, 1.54) is 13.2 Å².